The first-order valence-electron chi connectivity index (χ1n) is 20.3. The van der Waals surface area contributed by atoms with Gasteiger partial charge in [0.2, 0.25) is 0 Å². The summed E-state index contributed by atoms with van der Waals surface area (Å²) in [6.07, 6.45) is 30.3. The average Bonchev–Trinajstić information content (AvgIpc) is 3.12. The maximum absolute atomic E-state index is 6.76. The van der Waals surface area contributed by atoms with Crippen molar-refractivity contribution in [3.63, 3.8) is 0 Å². The zero-order valence-electron chi connectivity index (χ0n) is 32.6. The Kier molecular flexibility index (Phi) is 26.8. The van der Waals surface area contributed by atoms with E-state index in [1.807, 2.05) is 0 Å². The van der Waals surface area contributed by atoms with Crippen LogP contribution in [-0.2, 0) is 19.3 Å². The largest absolute Gasteiger partial charge is 1.00 e. The monoisotopic (exact) mass is 711 g/mol. The molecule has 3 aromatic carbocycles. The van der Waals surface area contributed by atoms with Gasteiger partial charge in [0.05, 0.1) is 0 Å². The molecule has 0 aliphatic rings. The van der Waals surface area contributed by atoms with Crippen LogP contribution in [0.1, 0.15) is 172 Å². The molecule has 0 atom stereocenters. The van der Waals surface area contributed by atoms with Gasteiger partial charge in [-0.05, 0) is 73.4 Å². The Morgan fingerprint density at radius 1 is 0.340 bits per heavy atom. The van der Waals surface area contributed by atoms with Crippen LogP contribution in [0.5, 0.6) is 17.2 Å². The van der Waals surface area contributed by atoms with E-state index in [9.17, 15) is 0 Å². The second-order valence-corrected chi connectivity index (χ2v) is 14.9. The summed E-state index contributed by atoms with van der Waals surface area (Å²) in [6.45, 7) is 6.84. The summed E-state index contributed by atoms with van der Waals surface area (Å²) >= 11 is 0. The molecule has 272 valence electrons. The van der Waals surface area contributed by atoms with Gasteiger partial charge in [-0.1, -0.05) is 191 Å². The van der Waals surface area contributed by atoms with Crippen LogP contribution in [0, 0.1) is 0 Å². The Balaban J connectivity index is 0.00000867. The van der Waals surface area contributed by atoms with Gasteiger partial charge in [0, 0.05) is 0 Å². The predicted molar refractivity (Wildman–Crippen MR) is 213 cm³/mol. The minimum absolute atomic E-state index is 0. The average molecular weight is 712 g/mol. The smallest absolute Gasteiger partial charge is 0.408 e. The molecule has 3 rings (SSSR count). The Morgan fingerprint density at radius 3 is 0.860 bits per heavy atom. The minimum Gasteiger partial charge on any atom is -0.408 e. The quantitative estimate of drug-likeness (QED) is 0.0391. The summed E-state index contributed by atoms with van der Waals surface area (Å²) in [7, 11) is -1.72. The standard InChI is InChI=1S/C45H69O3P.Na/c1-4-7-10-13-16-19-22-31-40-34-25-28-37-43(40)46-49(47-44-38-29-26-35-41(44)32-23-20-17-14-11-8-5-2)48-45-39-30-27-36-42(45)33-24-21-18-15-12-9-6-3;/h25-30,34-39H,4-24,31-33H2,1-3H3;/q;+1. The van der Waals surface area contributed by atoms with Crippen molar-refractivity contribution in [1.82, 2.24) is 0 Å². The van der Waals surface area contributed by atoms with Crippen LogP contribution >= 0.6 is 8.60 Å². The van der Waals surface area contributed by atoms with Crippen molar-refractivity contribution in [3.8, 4) is 17.2 Å². The van der Waals surface area contributed by atoms with E-state index in [4.69, 9.17) is 13.6 Å². The van der Waals surface area contributed by atoms with Crippen LogP contribution in [0.4, 0.5) is 0 Å². The van der Waals surface area contributed by atoms with Crippen LogP contribution in [0.2, 0.25) is 0 Å². The number of aryl methyl sites for hydroxylation is 3. The van der Waals surface area contributed by atoms with Gasteiger partial charge in [0.1, 0.15) is 17.2 Å². The molecule has 0 unspecified atom stereocenters. The Hall–Kier alpha value is -1.51. The van der Waals surface area contributed by atoms with Crippen molar-refractivity contribution in [2.45, 2.75) is 175 Å². The summed E-state index contributed by atoms with van der Waals surface area (Å²) in [5.41, 5.74) is 3.72. The van der Waals surface area contributed by atoms with Crippen molar-refractivity contribution in [2.24, 2.45) is 0 Å². The number of para-hydroxylation sites is 3. The first-order valence-corrected chi connectivity index (χ1v) is 21.4. The Labute approximate surface area is 331 Å². The van der Waals surface area contributed by atoms with Gasteiger partial charge in [0.15, 0.2) is 0 Å². The van der Waals surface area contributed by atoms with Crippen LogP contribution in [-0.4, -0.2) is 0 Å². The zero-order valence-corrected chi connectivity index (χ0v) is 35.5. The third-order valence-electron chi connectivity index (χ3n) is 9.59. The van der Waals surface area contributed by atoms with Crippen molar-refractivity contribution in [3.05, 3.63) is 89.5 Å². The molecule has 5 heteroatoms. The van der Waals surface area contributed by atoms with Crippen molar-refractivity contribution < 1.29 is 43.1 Å². The van der Waals surface area contributed by atoms with Gasteiger partial charge < -0.3 is 13.6 Å². The van der Waals surface area contributed by atoms with Crippen molar-refractivity contribution in [1.29, 1.82) is 0 Å². The summed E-state index contributed by atoms with van der Waals surface area (Å²) in [4.78, 5) is 0. The van der Waals surface area contributed by atoms with E-state index in [2.05, 4.69) is 93.6 Å². The zero-order chi connectivity index (χ0) is 34.6. The summed E-state index contributed by atoms with van der Waals surface area (Å²) in [5, 5.41) is 0. The molecule has 0 aliphatic carbocycles. The van der Waals surface area contributed by atoms with E-state index in [1.165, 1.54) is 152 Å². The Bertz CT molecular complexity index is 1080. The van der Waals surface area contributed by atoms with E-state index in [1.54, 1.807) is 0 Å². The van der Waals surface area contributed by atoms with Gasteiger partial charge in [0.25, 0.3) is 0 Å². The second kappa shape index (κ2) is 30.0. The van der Waals surface area contributed by atoms with Gasteiger partial charge in [-0.3, -0.25) is 0 Å². The van der Waals surface area contributed by atoms with Crippen LogP contribution in [0.15, 0.2) is 72.8 Å². The first kappa shape index (κ1) is 44.7. The van der Waals surface area contributed by atoms with Crippen molar-refractivity contribution in [2.75, 3.05) is 0 Å². The third kappa shape index (κ3) is 19.4. The molecule has 0 heterocycles. The maximum atomic E-state index is 6.76. The molecule has 0 fully saturated rings. The van der Waals surface area contributed by atoms with Crippen molar-refractivity contribution >= 4 is 8.60 Å². The molecule has 0 spiro atoms. The first-order chi connectivity index (χ1) is 24.2. The molecule has 0 aliphatic heterocycles. The molecule has 0 saturated carbocycles. The maximum Gasteiger partial charge on any atom is 1.00 e. The molecular weight excluding hydrogens is 642 g/mol. The number of rotatable bonds is 30. The number of hydrogen-bond acceptors (Lipinski definition) is 3. The molecule has 0 N–H and O–H groups in total. The van der Waals surface area contributed by atoms with Gasteiger partial charge in [-0.25, -0.2) is 0 Å². The molecular formula is C45H69NaO3P+. The molecule has 0 bridgehead atoms. The van der Waals surface area contributed by atoms with E-state index < -0.39 is 8.60 Å². The van der Waals surface area contributed by atoms with Gasteiger partial charge in [-0.2, -0.15) is 0 Å². The van der Waals surface area contributed by atoms with Crippen LogP contribution in [0.3, 0.4) is 0 Å². The fraction of sp³-hybridized carbons (Fsp3) is 0.600. The normalized spacial score (nSPS) is 11.0. The summed E-state index contributed by atoms with van der Waals surface area (Å²) in [6, 6.07) is 25.5. The number of unbranched alkanes of at least 4 members (excludes halogenated alkanes) is 18. The van der Waals surface area contributed by atoms with Crippen LogP contribution in [0.25, 0.3) is 0 Å². The van der Waals surface area contributed by atoms with E-state index in [0.717, 1.165) is 36.5 Å². The molecule has 50 heavy (non-hydrogen) atoms. The minimum atomic E-state index is -1.72. The van der Waals surface area contributed by atoms with Crippen LogP contribution < -0.4 is 43.1 Å². The summed E-state index contributed by atoms with van der Waals surface area (Å²) < 4.78 is 20.3. The van der Waals surface area contributed by atoms with E-state index in [-0.39, 0.29) is 29.6 Å². The second-order valence-electron chi connectivity index (χ2n) is 13.9. The molecule has 0 radical (unpaired) electrons. The summed E-state index contributed by atoms with van der Waals surface area (Å²) in [5.74, 6) is 2.65. The number of hydrogen-bond donors (Lipinski definition) is 0. The topological polar surface area (TPSA) is 27.7 Å². The predicted octanol–water partition coefficient (Wildman–Crippen LogP) is 12.3. The molecule has 0 saturated heterocycles. The fourth-order valence-electron chi connectivity index (χ4n) is 6.51. The molecule has 3 aromatic rings. The molecule has 0 amide bonds. The van der Waals surface area contributed by atoms with E-state index >= 15 is 0 Å². The molecule has 3 nitrogen and oxygen atoms in total. The third-order valence-corrected chi connectivity index (χ3v) is 10.6. The van der Waals surface area contributed by atoms with Gasteiger partial charge >= 0.3 is 38.2 Å². The SMILES string of the molecule is CCCCCCCCCc1ccccc1OP(Oc1ccccc1CCCCCCCCC)Oc1ccccc1CCCCCCCCC.[Na+]. The van der Waals surface area contributed by atoms with Gasteiger partial charge in [-0.15, -0.1) is 0 Å². The number of benzene rings is 3. The van der Waals surface area contributed by atoms with E-state index in [0.29, 0.717) is 0 Å². The molecule has 0 aromatic heterocycles. The fourth-order valence-corrected chi connectivity index (χ4v) is 7.64. The Morgan fingerprint density at radius 2 is 0.580 bits per heavy atom.